The number of para-hydroxylation sites is 2. The zero-order valence-corrected chi connectivity index (χ0v) is 11.5. The predicted octanol–water partition coefficient (Wildman–Crippen LogP) is 1.20. The number of fused-ring (bicyclic) bond motifs is 1. The van der Waals surface area contributed by atoms with Gasteiger partial charge in [0, 0.05) is 6.04 Å². The summed E-state index contributed by atoms with van der Waals surface area (Å²) in [5.41, 5.74) is 0. The van der Waals surface area contributed by atoms with Crippen LogP contribution in [0.4, 0.5) is 0 Å². The summed E-state index contributed by atoms with van der Waals surface area (Å²) in [5, 5.41) is 11.8. The SMILES string of the molecule is O=C(O)C1CCC(NC(=O)C2COc3ccccc3O2)C1. The van der Waals surface area contributed by atoms with E-state index >= 15 is 0 Å². The second kappa shape index (κ2) is 5.63. The number of amides is 1. The van der Waals surface area contributed by atoms with Crippen molar-refractivity contribution in [1.29, 1.82) is 0 Å². The normalized spacial score (nSPS) is 27.1. The largest absolute Gasteiger partial charge is 0.485 e. The number of carboxylic acids is 1. The lowest BCUT2D eigenvalue weighted by molar-refractivity contribution is -0.141. The molecule has 1 aliphatic carbocycles. The van der Waals surface area contributed by atoms with Crippen LogP contribution in [0.5, 0.6) is 11.5 Å². The van der Waals surface area contributed by atoms with Gasteiger partial charge in [0.25, 0.3) is 5.91 Å². The number of carbonyl (C=O) groups excluding carboxylic acids is 1. The lowest BCUT2D eigenvalue weighted by atomic mass is 10.1. The van der Waals surface area contributed by atoms with Crippen LogP contribution in [0.1, 0.15) is 19.3 Å². The minimum Gasteiger partial charge on any atom is -0.485 e. The molecule has 2 aliphatic rings. The lowest BCUT2D eigenvalue weighted by Crippen LogP contribution is -2.47. The van der Waals surface area contributed by atoms with Gasteiger partial charge in [-0.2, -0.15) is 0 Å². The third kappa shape index (κ3) is 2.94. The molecule has 1 heterocycles. The monoisotopic (exact) mass is 291 g/mol. The van der Waals surface area contributed by atoms with Gasteiger partial charge in [-0.05, 0) is 31.4 Å². The van der Waals surface area contributed by atoms with Gasteiger partial charge in [0.1, 0.15) is 6.61 Å². The van der Waals surface area contributed by atoms with Gasteiger partial charge in [-0.25, -0.2) is 0 Å². The molecule has 1 fully saturated rings. The van der Waals surface area contributed by atoms with E-state index in [-0.39, 0.29) is 24.5 Å². The van der Waals surface area contributed by atoms with E-state index in [1.165, 1.54) is 0 Å². The van der Waals surface area contributed by atoms with Crippen LogP contribution in [0.25, 0.3) is 0 Å². The standard InChI is InChI=1S/C15H17NO5/c17-14(16-10-6-5-9(7-10)15(18)19)13-8-20-11-3-1-2-4-12(11)21-13/h1-4,9-10,13H,5-8H2,(H,16,17)(H,18,19). The van der Waals surface area contributed by atoms with Gasteiger partial charge in [0.2, 0.25) is 6.10 Å². The second-order valence-corrected chi connectivity index (χ2v) is 5.42. The van der Waals surface area contributed by atoms with Crippen molar-refractivity contribution in [2.24, 2.45) is 5.92 Å². The Morgan fingerprint density at radius 1 is 1.19 bits per heavy atom. The highest BCUT2D eigenvalue weighted by molar-refractivity contribution is 5.82. The van der Waals surface area contributed by atoms with E-state index in [1.807, 2.05) is 12.1 Å². The van der Waals surface area contributed by atoms with Crippen molar-refractivity contribution < 1.29 is 24.2 Å². The van der Waals surface area contributed by atoms with Crippen molar-refractivity contribution >= 4 is 11.9 Å². The first kappa shape index (κ1) is 13.7. The van der Waals surface area contributed by atoms with Crippen LogP contribution in [-0.2, 0) is 9.59 Å². The summed E-state index contributed by atoms with van der Waals surface area (Å²) < 4.78 is 11.1. The minimum atomic E-state index is -0.794. The van der Waals surface area contributed by atoms with Crippen LogP contribution in [0.3, 0.4) is 0 Å². The topological polar surface area (TPSA) is 84.9 Å². The number of rotatable bonds is 3. The molecule has 0 saturated heterocycles. The van der Waals surface area contributed by atoms with E-state index in [0.717, 1.165) is 0 Å². The number of carbonyl (C=O) groups is 2. The molecule has 1 saturated carbocycles. The summed E-state index contributed by atoms with van der Waals surface area (Å²) in [6.45, 7) is 0.165. The third-order valence-corrected chi connectivity index (χ3v) is 3.93. The Balaban J connectivity index is 1.57. The summed E-state index contributed by atoms with van der Waals surface area (Å²) in [7, 11) is 0. The summed E-state index contributed by atoms with van der Waals surface area (Å²) in [6.07, 6.45) is 1.08. The van der Waals surface area contributed by atoms with Crippen molar-refractivity contribution in [2.45, 2.75) is 31.4 Å². The molecule has 3 atom stereocenters. The Morgan fingerprint density at radius 2 is 1.95 bits per heavy atom. The Kier molecular flexibility index (Phi) is 3.68. The molecule has 1 aromatic rings. The highest BCUT2D eigenvalue weighted by Gasteiger charge is 2.33. The Bertz CT molecular complexity index is 559. The van der Waals surface area contributed by atoms with Gasteiger partial charge < -0.3 is 19.9 Å². The average Bonchev–Trinajstić information content (AvgIpc) is 2.95. The molecule has 0 bridgehead atoms. The molecule has 112 valence electrons. The van der Waals surface area contributed by atoms with Crippen molar-refractivity contribution in [2.75, 3.05) is 6.61 Å². The molecule has 1 aliphatic heterocycles. The van der Waals surface area contributed by atoms with Crippen LogP contribution in [0.2, 0.25) is 0 Å². The molecular weight excluding hydrogens is 274 g/mol. The van der Waals surface area contributed by atoms with Gasteiger partial charge in [-0.1, -0.05) is 12.1 Å². The van der Waals surface area contributed by atoms with Gasteiger partial charge in [-0.3, -0.25) is 9.59 Å². The smallest absolute Gasteiger partial charge is 0.306 e. The summed E-state index contributed by atoms with van der Waals surface area (Å²) in [6, 6.07) is 7.10. The van der Waals surface area contributed by atoms with Gasteiger partial charge in [-0.15, -0.1) is 0 Å². The molecule has 1 amide bonds. The number of hydrogen-bond donors (Lipinski definition) is 2. The molecule has 0 spiro atoms. The molecule has 3 rings (SSSR count). The third-order valence-electron chi connectivity index (χ3n) is 3.93. The summed E-state index contributed by atoms with van der Waals surface area (Å²) in [4.78, 5) is 23.1. The highest BCUT2D eigenvalue weighted by atomic mass is 16.6. The van der Waals surface area contributed by atoms with Crippen LogP contribution in [0, 0.1) is 5.92 Å². The number of hydrogen-bond acceptors (Lipinski definition) is 4. The second-order valence-electron chi connectivity index (χ2n) is 5.42. The van der Waals surface area contributed by atoms with Gasteiger partial charge in [0.15, 0.2) is 11.5 Å². The van der Waals surface area contributed by atoms with E-state index in [9.17, 15) is 9.59 Å². The average molecular weight is 291 g/mol. The Hall–Kier alpha value is -2.24. The number of benzene rings is 1. The lowest BCUT2D eigenvalue weighted by Gasteiger charge is -2.26. The molecule has 2 N–H and O–H groups in total. The van der Waals surface area contributed by atoms with Crippen molar-refractivity contribution in [3.63, 3.8) is 0 Å². The van der Waals surface area contributed by atoms with E-state index in [0.29, 0.717) is 30.8 Å². The molecule has 0 aromatic heterocycles. The van der Waals surface area contributed by atoms with Crippen LogP contribution < -0.4 is 14.8 Å². The van der Waals surface area contributed by atoms with Crippen LogP contribution in [0.15, 0.2) is 24.3 Å². The minimum absolute atomic E-state index is 0.0978. The fourth-order valence-corrected chi connectivity index (χ4v) is 2.78. The molecule has 1 aromatic carbocycles. The Labute approximate surface area is 122 Å². The molecule has 6 heteroatoms. The zero-order valence-electron chi connectivity index (χ0n) is 11.5. The maximum Gasteiger partial charge on any atom is 0.306 e. The number of aliphatic carboxylic acids is 1. The summed E-state index contributed by atoms with van der Waals surface area (Å²) in [5.74, 6) is -0.217. The number of carboxylic acid groups (broad SMARTS) is 1. The van der Waals surface area contributed by atoms with E-state index in [2.05, 4.69) is 5.32 Å². The zero-order chi connectivity index (χ0) is 14.8. The summed E-state index contributed by atoms with van der Waals surface area (Å²) >= 11 is 0. The van der Waals surface area contributed by atoms with E-state index in [4.69, 9.17) is 14.6 Å². The molecule has 6 nitrogen and oxygen atoms in total. The van der Waals surface area contributed by atoms with Crippen molar-refractivity contribution in [3.8, 4) is 11.5 Å². The maximum absolute atomic E-state index is 12.2. The van der Waals surface area contributed by atoms with Crippen LogP contribution in [-0.4, -0.2) is 35.7 Å². The van der Waals surface area contributed by atoms with Gasteiger partial charge >= 0.3 is 5.97 Å². The van der Waals surface area contributed by atoms with Crippen LogP contribution >= 0.6 is 0 Å². The maximum atomic E-state index is 12.2. The first-order chi connectivity index (χ1) is 10.1. The molecule has 21 heavy (non-hydrogen) atoms. The number of nitrogens with one attached hydrogen (secondary N) is 1. The fourth-order valence-electron chi connectivity index (χ4n) is 2.78. The highest BCUT2D eigenvalue weighted by Crippen LogP contribution is 2.31. The molecule has 3 unspecified atom stereocenters. The molecule has 0 radical (unpaired) electrons. The Morgan fingerprint density at radius 3 is 2.67 bits per heavy atom. The van der Waals surface area contributed by atoms with Crippen molar-refractivity contribution in [1.82, 2.24) is 5.32 Å². The van der Waals surface area contributed by atoms with Crippen molar-refractivity contribution in [3.05, 3.63) is 24.3 Å². The first-order valence-corrected chi connectivity index (χ1v) is 7.05. The fraction of sp³-hybridized carbons (Fsp3) is 0.467. The first-order valence-electron chi connectivity index (χ1n) is 7.05. The predicted molar refractivity (Wildman–Crippen MR) is 73.3 cm³/mol. The molecular formula is C15H17NO5. The van der Waals surface area contributed by atoms with E-state index < -0.39 is 12.1 Å². The number of ether oxygens (including phenoxy) is 2. The quantitative estimate of drug-likeness (QED) is 0.874. The van der Waals surface area contributed by atoms with Gasteiger partial charge in [0.05, 0.1) is 5.92 Å². The van der Waals surface area contributed by atoms with E-state index in [1.54, 1.807) is 12.1 Å².